The van der Waals surface area contributed by atoms with Gasteiger partial charge in [-0.25, -0.2) is 8.78 Å². The maximum Gasteiger partial charge on any atom is 0.163 e. The second-order valence-electron chi connectivity index (χ2n) is 5.92. The molecule has 2 unspecified atom stereocenters. The summed E-state index contributed by atoms with van der Waals surface area (Å²) in [4.78, 5) is 0. The van der Waals surface area contributed by atoms with Crippen LogP contribution in [0, 0.1) is 17.0 Å². The van der Waals surface area contributed by atoms with Crippen LogP contribution in [0.15, 0.2) is 18.2 Å². The molecular weight excluding hydrogens is 260 g/mol. The Morgan fingerprint density at radius 3 is 2.35 bits per heavy atom. The van der Waals surface area contributed by atoms with Crippen molar-refractivity contribution in [3.8, 4) is 0 Å². The highest BCUT2D eigenvalue weighted by molar-refractivity contribution is 5.24. The van der Waals surface area contributed by atoms with Crippen LogP contribution in [0.3, 0.4) is 0 Å². The fourth-order valence-electron chi connectivity index (χ4n) is 2.39. The summed E-state index contributed by atoms with van der Waals surface area (Å²) in [6, 6.07) is 3.90. The zero-order chi connectivity index (χ0) is 15.3. The van der Waals surface area contributed by atoms with E-state index >= 15 is 0 Å². The first-order valence-corrected chi connectivity index (χ1v) is 7.11. The standard InChI is InChI=1S/C16H25F2NO/c1-6-19-14(15(20-7-2)16(3,4)5)11-9-8-10-12(17)13(11)18/h8-10,14-15,19H,6-7H2,1-5H3. The Bertz CT molecular complexity index is 429. The minimum atomic E-state index is -0.824. The molecule has 1 rings (SSSR count). The number of halogens is 2. The van der Waals surface area contributed by atoms with Crippen molar-refractivity contribution in [3.63, 3.8) is 0 Å². The molecule has 2 atom stereocenters. The fraction of sp³-hybridized carbons (Fsp3) is 0.625. The van der Waals surface area contributed by atoms with Crippen LogP contribution in [-0.4, -0.2) is 19.3 Å². The van der Waals surface area contributed by atoms with Crippen molar-refractivity contribution in [2.24, 2.45) is 5.41 Å². The third-order valence-electron chi connectivity index (χ3n) is 3.24. The van der Waals surface area contributed by atoms with Gasteiger partial charge in [-0.2, -0.15) is 0 Å². The number of hydrogen-bond donors (Lipinski definition) is 1. The van der Waals surface area contributed by atoms with Crippen molar-refractivity contribution < 1.29 is 13.5 Å². The van der Waals surface area contributed by atoms with Crippen LogP contribution >= 0.6 is 0 Å². The molecule has 1 aromatic rings. The highest BCUT2D eigenvalue weighted by Crippen LogP contribution is 2.34. The van der Waals surface area contributed by atoms with Gasteiger partial charge in [-0.1, -0.05) is 39.8 Å². The van der Waals surface area contributed by atoms with E-state index in [2.05, 4.69) is 5.32 Å². The molecule has 0 aliphatic rings. The molecule has 0 bridgehead atoms. The molecule has 114 valence electrons. The first-order chi connectivity index (χ1) is 9.32. The van der Waals surface area contributed by atoms with Gasteiger partial charge in [0.1, 0.15) is 0 Å². The number of nitrogens with one attached hydrogen (secondary N) is 1. The van der Waals surface area contributed by atoms with Gasteiger partial charge < -0.3 is 10.1 Å². The lowest BCUT2D eigenvalue weighted by molar-refractivity contribution is -0.0370. The lowest BCUT2D eigenvalue weighted by Gasteiger charge is -2.37. The molecule has 1 aromatic carbocycles. The normalized spacial score (nSPS) is 15.2. The number of likely N-dealkylation sites (N-methyl/N-ethyl adjacent to an activating group) is 1. The summed E-state index contributed by atoms with van der Waals surface area (Å²) in [5.74, 6) is -1.62. The first-order valence-electron chi connectivity index (χ1n) is 7.11. The van der Waals surface area contributed by atoms with E-state index in [0.29, 0.717) is 18.7 Å². The molecule has 0 aliphatic carbocycles. The lowest BCUT2D eigenvalue weighted by Crippen LogP contribution is -2.42. The second kappa shape index (κ2) is 7.14. The van der Waals surface area contributed by atoms with Crippen LogP contribution in [0.4, 0.5) is 8.78 Å². The SMILES string of the molecule is CCNC(c1cccc(F)c1F)C(OCC)C(C)(C)C. The number of hydrogen-bond acceptors (Lipinski definition) is 2. The first kappa shape index (κ1) is 17.1. The molecular formula is C16H25F2NO. The van der Waals surface area contributed by atoms with E-state index in [-0.39, 0.29) is 17.6 Å². The molecule has 0 aliphatic heterocycles. The van der Waals surface area contributed by atoms with Crippen molar-refractivity contribution in [2.45, 2.75) is 46.8 Å². The zero-order valence-corrected chi connectivity index (χ0v) is 13.0. The number of benzene rings is 1. The van der Waals surface area contributed by atoms with E-state index in [1.165, 1.54) is 6.07 Å². The highest BCUT2D eigenvalue weighted by atomic mass is 19.2. The molecule has 0 heterocycles. The van der Waals surface area contributed by atoms with E-state index in [1.807, 2.05) is 34.6 Å². The van der Waals surface area contributed by atoms with Crippen LogP contribution in [0.5, 0.6) is 0 Å². The molecule has 0 fully saturated rings. The monoisotopic (exact) mass is 285 g/mol. The fourth-order valence-corrected chi connectivity index (χ4v) is 2.39. The van der Waals surface area contributed by atoms with E-state index in [0.717, 1.165) is 6.07 Å². The summed E-state index contributed by atoms with van der Waals surface area (Å²) in [6.07, 6.45) is -0.247. The van der Waals surface area contributed by atoms with E-state index < -0.39 is 11.6 Å². The summed E-state index contributed by atoms with van der Waals surface area (Å²) in [6.45, 7) is 11.1. The van der Waals surface area contributed by atoms with Gasteiger partial charge in [-0.3, -0.25) is 0 Å². The maximum atomic E-state index is 14.1. The Labute approximate surface area is 120 Å². The molecule has 0 amide bonds. The van der Waals surface area contributed by atoms with Gasteiger partial charge in [0.05, 0.1) is 12.1 Å². The van der Waals surface area contributed by atoms with Gasteiger partial charge in [0.2, 0.25) is 0 Å². The van der Waals surface area contributed by atoms with Crippen LogP contribution < -0.4 is 5.32 Å². The molecule has 0 saturated heterocycles. The Morgan fingerprint density at radius 1 is 1.20 bits per heavy atom. The van der Waals surface area contributed by atoms with Crippen LogP contribution in [0.25, 0.3) is 0 Å². The molecule has 20 heavy (non-hydrogen) atoms. The third-order valence-corrected chi connectivity index (χ3v) is 3.24. The average Bonchev–Trinajstić information content (AvgIpc) is 2.36. The highest BCUT2D eigenvalue weighted by Gasteiger charge is 2.35. The van der Waals surface area contributed by atoms with Gasteiger partial charge >= 0.3 is 0 Å². The predicted octanol–water partition coefficient (Wildman–Crippen LogP) is 4.07. The largest absolute Gasteiger partial charge is 0.376 e. The molecule has 0 saturated carbocycles. The van der Waals surface area contributed by atoms with Crippen molar-refractivity contribution in [3.05, 3.63) is 35.4 Å². The minimum absolute atomic E-state index is 0.193. The number of ether oxygens (including phenoxy) is 1. The Kier molecular flexibility index (Phi) is 6.08. The summed E-state index contributed by atoms with van der Waals surface area (Å²) in [7, 11) is 0. The van der Waals surface area contributed by atoms with Gasteiger partial charge in [-0.15, -0.1) is 0 Å². The summed E-state index contributed by atoms with van der Waals surface area (Å²) in [5.41, 5.74) is 0.127. The second-order valence-corrected chi connectivity index (χ2v) is 5.92. The van der Waals surface area contributed by atoms with E-state index in [1.54, 1.807) is 6.07 Å². The maximum absolute atomic E-state index is 14.1. The van der Waals surface area contributed by atoms with Crippen molar-refractivity contribution in [1.29, 1.82) is 0 Å². The molecule has 0 spiro atoms. The number of rotatable bonds is 6. The van der Waals surface area contributed by atoms with Crippen LogP contribution in [0.2, 0.25) is 0 Å². The van der Waals surface area contributed by atoms with Crippen LogP contribution in [-0.2, 0) is 4.74 Å². The molecule has 0 aromatic heterocycles. The van der Waals surface area contributed by atoms with E-state index in [9.17, 15) is 8.78 Å². The smallest absolute Gasteiger partial charge is 0.163 e. The topological polar surface area (TPSA) is 21.3 Å². The van der Waals surface area contributed by atoms with Crippen LogP contribution in [0.1, 0.15) is 46.2 Å². The Hall–Kier alpha value is -1.00. The van der Waals surface area contributed by atoms with Gasteiger partial charge in [0.25, 0.3) is 0 Å². The zero-order valence-electron chi connectivity index (χ0n) is 13.0. The third kappa shape index (κ3) is 4.00. The molecule has 1 N–H and O–H groups in total. The molecule has 4 heteroatoms. The van der Waals surface area contributed by atoms with Gasteiger partial charge in [0.15, 0.2) is 11.6 Å². The molecule has 0 radical (unpaired) electrons. The predicted molar refractivity (Wildman–Crippen MR) is 77.6 cm³/mol. The lowest BCUT2D eigenvalue weighted by atomic mass is 9.81. The Morgan fingerprint density at radius 2 is 1.85 bits per heavy atom. The van der Waals surface area contributed by atoms with Crippen molar-refractivity contribution in [2.75, 3.05) is 13.2 Å². The molecule has 2 nitrogen and oxygen atoms in total. The average molecular weight is 285 g/mol. The van der Waals surface area contributed by atoms with Crippen molar-refractivity contribution >= 4 is 0 Å². The summed E-state index contributed by atoms with van der Waals surface area (Å²) in [5, 5.41) is 3.23. The van der Waals surface area contributed by atoms with Gasteiger partial charge in [-0.05, 0) is 24.9 Å². The van der Waals surface area contributed by atoms with E-state index in [4.69, 9.17) is 4.74 Å². The quantitative estimate of drug-likeness (QED) is 0.851. The minimum Gasteiger partial charge on any atom is -0.376 e. The van der Waals surface area contributed by atoms with Crippen molar-refractivity contribution in [1.82, 2.24) is 5.32 Å². The summed E-state index contributed by atoms with van der Waals surface area (Å²) < 4.78 is 33.4. The Balaban J connectivity index is 3.23. The van der Waals surface area contributed by atoms with Gasteiger partial charge in [0, 0.05) is 12.2 Å². The summed E-state index contributed by atoms with van der Waals surface area (Å²) >= 11 is 0.